The van der Waals surface area contributed by atoms with Gasteiger partial charge in [0, 0.05) is 18.6 Å². The summed E-state index contributed by atoms with van der Waals surface area (Å²) >= 11 is 0. The van der Waals surface area contributed by atoms with E-state index in [9.17, 15) is 0 Å². The minimum absolute atomic E-state index is 0.655. The number of nitrogens with one attached hydrogen (secondary N) is 2. The van der Waals surface area contributed by atoms with Gasteiger partial charge in [-0.3, -0.25) is 0 Å². The first-order valence-electron chi connectivity index (χ1n) is 9.18. The quantitative estimate of drug-likeness (QED) is 0.801. The molecule has 2 heteroatoms. The van der Waals surface area contributed by atoms with Crippen LogP contribution in [0.25, 0.3) is 0 Å². The second-order valence-corrected chi connectivity index (χ2v) is 8.01. The van der Waals surface area contributed by atoms with Gasteiger partial charge < -0.3 is 10.6 Å². The van der Waals surface area contributed by atoms with Crippen LogP contribution < -0.4 is 10.6 Å². The molecular weight excluding hydrogens is 244 g/mol. The molecule has 2 saturated carbocycles. The van der Waals surface area contributed by atoms with Gasteiger partial charge in [0.05, 0.1) is 0 Å². The third-order valence-electron chi connectivity index (χ3n) is 6.52. The fourth-order valence-corrected chi connectivity index (χ4v) is 4.59. The van der Waals surface area contributed by atoms with Crippen molar-refractivity contribution in [1.82, 2.24) is 10.6 Å². The molecule has 3 aliphatic rings. The van der Waals surface area contributed by atoms with Crippen molar-refractivity contribution in [3.63, 3.8) is 0 Å². The molecule has 1 heterocycles. The zero-order valence-electron chi connectivity index (χ0n) is 13.6. The van der Waals surface area contributed by atoms with Gasteiger partial charge in [0.25, 0.3) is 0 Å². The molecule has 3 rings (SSSR count). The predicted octanol–water partition coefficient (Wildman–Crippen LogP) is 3.71. The molecule has 2 N–H and O–H groups in total. The fourth-order valence-electron chi connectivity index (χ4n) is 4.59. The summed E-state index contributed by atoms with van der Waals surface area (Å²) < 4.78 is 0. The van der Waals surface area contributed by atoms with Gasteiger partial charge in [-0.1, -0.05) is 33.1 Å². The first-order valence-corrected chi connectivity index (χ1v) is 9.18. The molecule has 2 aliphatic carbocycles. The second kappa shape index (κ2) is 6.36. The number of rotatable bonds is 5. The molecule has 1 saturated heterocycles. The van der Waals surface area contributed by atoms with E-state index in [4.69, 9.17) is 0 Å². The van der Waals surface area contributed by atoms with Crippen LogP contribution in [0, 0.1) is 17.3 Å². The van der Waals surface area contributed by atoms with Crippen molar-refractivity contribution >= 4 is 0 Å². The smallest absolute Gasteiger partial charge is 0.0110 e. The summed E-state index contributed by atoms with van der Waals surface area (Å²) in [6, 6.07) is 1.59. The van der Waals surface area contributed by atoms with Gasteiger partial charge in [0.2, 0.25) is 0 Å². The second-order valence-electron chi connectivity index (χ2n) is 8.01. The Labute approximate surface area is 125 Å². The van der Waals surface area contributed by atoms with Gasteiger partial charge in [-0.2, -0.15) is 0 Å². The topological polar surface area (TPSA) is 24.1 Å². The summed E-state index contributed by atoms with van der Waals surface area (Å²) in [5.41, 5.74) is 0.655. The molecule has 0 bridgehead atoms. The van der Waals surface area contributed by atoms with Crippen LogP contribution in [-0.2, 0) is 0 Å². The Kier molecular flexibility index (Phi) is 4.72. The van der Waals surface area contributed by atoms with Gasteiger partial charge >= 0.3 is 0 Å². The van der Waals surface area contributed by atoms with Crippen molar-refractivity contribution < 1.29 is 0 Å². The van der Waals surface area contributed by atoms with Crippen LogP contribution in [0.15, 0.2) is 0 Å². The lowest BCUT2D eigenvalue weighted by molar-refractivity contribution is 0.170. The first-order chi connectivity index (χ1) is 9.71. The Morgan fingerprint density at radius 2 is 1.80 bits per heavy atom. The van der Waals surface area contributed by atoms with Crippen molar-refractivity contribution in [2.75, 3.05) is 13.1 Å². The zero-order valence-corrected chi connectivity index (χ0v) is 13.6. The van der Waals surface area contributed by atoms with Crippen LogP contribution >= 0.6 is 0 Å². The number of piperidine rings is 1. The van der Waals surface area contributed by atoms with Crippen molar-refractivity contribution in [1.29, 1.82) is 0 Å². The molecule has 3 atom stereocenters. The van der Waals surface area contributed by atoms with Crippen molar-refractivity contribution in [2.45, 2.75) is 83.7 Å². The summed E-state index contributed by atoms with van der Waals surface area (Å²) in [6.45, 7) is 7.35. The molecule has 3 fully saturated rings. The SMILES string of the molecule is CC(C)C1(CNC2CCCCC2C2CCCCN2)CC1. The van der Waals surface area contributed by atoms with E-state index in [1.807, 2.05) is 0 Å². The highest BCUT2D eigenvalue weighted by molar-refractivity contribution is 4.99. The fraction of sp³-hybridized carbons (Fsp3) is 1.00. The summed E-state index contributed by atoms with van der Waals surface area (Å²) in [5, 5.41) is 7.83. The van der Waals surface area contributed by atoms with Crippen LogP contribution in [0.1, 0.15) is 71.6 Å². The molecule has 116 valence electrons. The third-order valence-corrected chi connectivity index (χ3v) is 6.52. The van der Waals surface area contributed by atoms with E-state index in [1.165, 1.54) is 70.9 Å². The van der Waals surface area contributed by atoms with Crippen LogP contribution in [0.3, 0.4) is 0 Å². The summed E-state index contributed by atoms with van der Waals surface area (Å²) in [7, 11) is 0. The van der Waals surface area contributed by atoms with Gasteiger partial charge in [-0.15, -0.1) is 0 Å². The monoisotopic (exact) mass is 278 g/mol. The lowest BCUT2D eigenvalue weighted by Gasteiger charge is -2.40. The summed E-state index contributed by atoms with van der Waals surface area (Å²) in [6.07, 6.45) is 12.9. The average molecular weight is 278 g/mol. The highest BCUT2D eigenvalue weighted by Crippen LogP contribution is 2.51. The molecule has 0 radical (unpaired) electrons. The zero-order chi connectivity index (χ0) is 14.0. The molecule has 3 unspecified atom stereocenters. The van der Waals surface area contributed by atoms with Gasteiger partial charge in [-0.25, -0.2) is 0 Å². The Hall–Kier alpha value is -0.0800. The molecular formula is C18H34N2. The maximum absolute atomic E-state index is 4.01. The molecule has 2 nitrogen and oxygen atoms in total. The van der Waals surface area contributed by atoms with E-state index in [-0.39, 0.29) is 0 Å². The lowest BCUT2D eigenvalue weighted by Crippen LogP contribution is -2.51. The highest BCUT2D eigenvalue weighted by Gasteiger charge is 2.45. The lowest BCUT2D eigenvalue weighted by atomic mass is 9.77. The van der Waals surface area contributed by atoms with Crippen molar-refractivity contribution in [2.24, 2.45) is 17.3 Å². The molecule has 0 aromatic carbocycles. The van der Waals surface area contributed by atoms with E-state index in [1.54, 1.807) is 0 Å². The van der Waals surface area contributed by atoms with E-state index < -0.39 is 0 Å². The van der Waals surface area contributed by atoms with E-state index in [2.05, 4.69) is 24.5 Å². The van der Waals surface area contributed by atoms with Crippen LogP contribution in [-0.4, -0.2) is 25.2 Å². The van der Waals surface area contributed by atoms with E-state index in [0.717, 1.165) is 23.9 Å². The van der Waals surface area contributed by atoms with Gasteiger partial charge in [0.15, 0.2) is 0 Å². The third kappa shape index (κ3) is 3.22. The normalized spacial score (nSPS) is 37.0. The Morgan fingerprint density at radius 1 is 1.05 bits per heavy atom. The summed E-state index contributed by atoms with van der Waals surface area (Å²) in [4.78, 5) is 0. The van der Waals surface area contributed by atoms with Gasteiger partial charge in [-0.05, 0) is 62.3 Å². The minimum Gasteiger partial charge on any atom is -0.314 e. The van der Waals surface area contributed by atoms with Crippen LogP contribution in [0.4, 0.5) is 0 Å². The highest BCUT2D eigenvalue weighted by atomic mass is 15.0. The molecule has 0 amide bonds. The first kappa shape index (κ1) is 14.8. The summed E-state index contributed by atoms with van der Waals surface area (Å²) in [5.74, 6) is 1.75. The Balaban J connectivity index is 1.55. The number of hydrogen-bond acceptors (Lipinski definition) is 2. The standard InChI is InChI=1S/C18H34N2/c1-14(2)18(10-11-18)13-20-17-8-4-3-7-15(17)16-9-5-6-12-19-16/h14-17,19-20H,3-13H2,1-2H3. The molecule has 0 aromatic rings. The minimum atomic E-state index is 0.655. The van der Waals surface area contributed by atoms with Crippen molar-refractivity contribution in [3.05, 3.63) is 0 Å². The average Bonchev–Trinajstić information content (AvgIpc) is 3.28. The molecule has 1 aliphatic heterocycles. The van der Waals surface area contributed by atoms with Gasteiger partial charge in [0.1, 0.15) is 0 Å². The Morgan fingerprint density at radius 3 is 2.45 bits per heavy atom. The molecule has 0 spiro atoms. The molecule has 20 heavy (non-hydrogen) atoms. The van der Waals surface area contributed by atoms with E-state index in [0.29, 0.717) is 5.41 Å². The van der Waals surface area contributed by atoms with Crippen molar-refractivity contribution in [3.8, 4) is 0 Å². The largest absolute Gasteiger partial charge is 0.314 e. The maximum Gasteiger partial charge on any atom is 0.0110 e. The van der Waals surface area contributed by atoms with Crippen LogP contribution in [0.5, 0.6) is 0 Å². The van der Waals surface area contributed by atoms with E-state index >= 15 is 0 Å². The maximum atomic E-state index is 4.01. The molecule has 0 aromatic heterocycles. The number of hydrogen-bond donors (Lipinski definition) is 2. The Bertz CT molecular complexity index is 303. The van der Waals surface area contributed by atoms with Crippen LogP contribution in [0.2, 0.25) is 0 Å². The predicted molar refractivity (Wildman–Crippen MR) is 85.9 cm³/mol.